The number of hydrogen-bond donors (Lipinski definition) is 0. The van der Waals surface area contributed by atoms with Gasteiger partial charge in [0.1, 0.15) is 0 Å². The zero-order valence-corrected chi connectivity index (χ0v) is 15.2. The summed E-state index contributed by atoms with van der Waals surface area (Å²) in [6.07, 6.45) is 10.2. The van der Waals surface area contributed by atoms with E-state index in [9.17, 15) is 0 Å². The molecule has 5 unspecified atom stereocenters. The maximum Gasteiger partial charge on any atom is 0.0684 e. The summed E-state index contributed by atoms with van der Waals surface area (Å²) in [4.78, 5) is 0. The standard InChI is InChI=1S/C21H36O/c1-14-7-19(8-15(14)2)11-20-6-5-18(9-16(20)3)10-21-13-22-12-17(21)4/h14-16,18-20H,5-13H2,1-4H3. The molecule has 5 atom stereocenters. The summed E-state index contributed by atoms with van der Waals surface area (Å²) in [5.41, 5.74) is 3.14. The van der Waals surface area contributed by atoms with E-state index in [1.54, 1.807) is 5.57 Å². The van der Waals surface area contributed by atoms with Crippen molar-refractivity contribution in [2.75, 3.05) is 13.2 Å². The van der Waals surface area contributed by atoms with Crippen LogP contribution in [0.5, 0.6) is 0 Å². The Morgan fingerprint density at radius 1 is 0.864 bits per heavy atom. The molecule has 1 nitrogen and oxygen atoms in total. The van der Waals surface area contributed by atoms with Gasteiger partial charge in [-0.05, 0) is 98.5 Å². The van der Waals surface area contributed by atoms with Crippen LogP contribution in [0.3, 0.4) is 0 Å². The summed E-state index contributed by atoms with van der Waals surface area (Å²) in [6.45, 7) is 11.5. The van der Waals surface area contributed by atoms with Crippen LogP contribution in [-0.4, -0.2) is 13.2 Å². The number of ether oxygens (including phenoxy) is 1. The second-order valence-corrected chi connectivity index (χ2v) is 9.02. The Morgan fingerprint density at radius 2 is 1.55 bits per heavy atom. The first-order chi connectivity index (χ1) is 10.5. The fourth-order valence-electron chi connectivity index (χ4n) is 5.47. The fourth-order valence-corrected chi connectivity index (χ4v) is 5.47. The predicted octanol–water partition coefficient (Wildman–Crippen LogP) is 5.85. The van der Waals surface area contributed by atoms with Crippen molar-refractivity contribution in [3.63, 3.8) is 0 Å². The molecule has 22 heavy (non-hydrogen) atoms. The Morgan fingerprint density at radius 3 is 2.14 bits per heavy atom. The summed E-state index contributed by atoms with van der Waals surface area (Å²) < 4.78 is 5.59. The van der Waals surface area contributed by atoms with Gasteiger partial charge in [0.2, 0.25) is 0 Å². The van der Waals surface area contributed by atoms with E-state index in [4.69, 9.17) is 4.74 Å². The van der Waals surface area contributed by atoms with Crippen LogP contribution in [-0.2, 0) is 4.74 Å². The minimum atomic E-state index is 0.887. The van der Waals surface area contributed by atoms with Crippen LogP contribution in [0.4, 0.5) is 0 Å². The highest BCUT2D eigenvalue weighted by Crippen LogP contribution is 2.45. The lowest BCUT2D eigenvalue weighted by atomic mass is 9.70. The van der Waals surface area contributed by atoms with Gasteiger partial charge in [-0.3, -0.25) is 0 Å². The Hall–Kier alpha value is -0.300. The molecule has 0 spiro atoms. The van der Waals surface area contributed by atoms with Crippen LogP contribution < -0.4 is 0 Å². The third-order valence-electron chi connectivity index (χ3n) is 7.21. The Labute approximate surface area is 137 Å². The third-order valence-corrected chi connectivity index (χ3v) is 7.21. The average molecular weight is 305 g/mol. The van der Waals surface area contributed by atoms with Gasteiger partial charge in [-0.1, -0.05) is 20.8 Å². The molecule has 2 fully saturated rings. The normalized spacial score (nSPS) is 43.1. The van der Waals surface area contributed by atoms with E-state index in [-0.39, 0.29) is 0 Å². The van der Waals surface area contributed by atoms with Crippen molar-refractivity contribution in [1.29, 1.82) is 0 Å². The zero-order chi connectivity index (χ0) is 15.7. The predicted molar refractivity (Wildman–Crippen MR) is 93.8 cm³/mol. The lowest BCUT2D eigenvalue weighted by molar-refractivity contribution is 0.158. The monoisotopic (exact) mass is 304 g/mol. The number of hydrogen-bond acceptors (Lipinski definition) is 1. The van der Waals surface area contributed by atoms with Crippen LogP contribution in [0.25, 0.3) is 0 Å². The van der Waals surface area contributed by atoms with Gasteiger partial charge in [0.25, 0.3) is 0 Å². The van der Waals surface area contributed by atoms with E-state index < -0.39 is 0 Å². The van der Waals surface area contributed by atoms with Crippen molar-refractivity contribution in [2.24, 2.45) is 35.5 Å². The first-order valence-electron chi connectivity index (χ1n) is 9.78. The second kappa shape index (κ2) is 7.07. The largest absolute Gasteiger partial charge is 0.373 e. The van der Waals surface area contributed by atoms with Crippen molar-refractivity contribution < 1.29 is 4.74 Å². The van der Waals surface area contributed by atoms with Gasteiger partial charge < -0.3 is 4.74 Å². The molecular weight excluding hydrogens is 268 g/mol. The zero-order valence-electron chi connectivity index (χ0n) is 15.2. The van der Waals surface area contributed by atoms with Crippen LogP contribution in [0.2, 0.25) is 0 Å². The van der Waals surface area contributed by atoms with E-state index in [0.29, 0.717) is 0 Å². The molecule has 0 radical (unpaired) electrons. The number of rotatable bonds is 4. The minimum Gasteiger partial charge on any atom is -0.373 e. The smallest absolute Gasteiger partial charge is 0.0684 e. The van der Waals surface area contributed by atoms with Crippen LogP contribution in [0, 0.1) is 35.5 Å². The molecule has 2 saturated carbocycles. The van der Waals surface area contributed by atoms with E-state index in [1.807, 2.05) is 0 Å². The van der Waals surface area contributed by atoms with E-state index in [1.165, 1.54) is 50.5 Å². The highest BCUT2D eigenvalue weighted by atomic mass is 16.5. The Kier molecular flexibility index (Phi) is 5.32. The second-order valence-electron chi connectivity index (χ2n) is 9.02. The van der Waals surface area contributed by atoms with E-state index >= 15 is 0 Å². The molecular formula is C21H36O. The molecule has 0 aromatic carbocycles. The highest BCUT2D eigenvalue weighted by molar-refractivity contribution is 5.17. The molecule has 1 heterocycles. The topological polar surface area (TPSA) is 9.23 Å². The van der Waals surface area contributed by atoms with Gasteiger partial charge in [-0.25, -0.2) is 0 Å². The van der Waals surface area contributed by atoms with Gasteiger partial charge in [-0.2, -0.15) is 0 Å². The van der Waals surface area contributed by atoms with Crippen LogP contribution >= 0.6 is 0 Å². The summed E-state index contributed by atoms with van der Waals surface area (Å²) >= 11 is 0. The van der Waals surface area contributed by atoms with E-state index in [0.717, 1.165) is 48.7 Å². The van der Waals surface area contributed by atoms with Crippen molar-refractivity contribution in [2.45, 2.75) is 72.6 Å². The Balaban J connectivity index is 1.47. The molecule has 3 rings (SSSR count). The third kappa shape index (κ3) is 3.78. The molecule has 0 bridgehead atoms. The van der Waals surface area contributed by atoms with E-state index in [2.05, 4.69) is 27.7 Å². The molecule has 1 heteroatoms. The molecule has 2 aliphatic carbocycles. The lowest BCUT2D eigenvalue weighted by Gasteiger charge is -2.36. The molecule has 0 amide bonds. The molecule has 126 valence electrons. The molecule has 1 aliphatic heterocycles. The first kappa shape index (κ1) is 16.6. The van der Waals surface area contributed by atoms with Crippen LogP contribution in [0.15, 0.2) is 11.1 Å². The van der Waals surface area contributed by atoms with Gasteiger partial charge in [0, 0.05) is 0 Å². The summed E-state index contributed by atoms with van der Waals surface area (Å²) in [5, 5.41) is 0. The van der Waals surface area contributed by atoms with Crippen LogP contribution in [0.1, 0.15) is 72.6 Å². The van der Waals surface area contributed by atoms with Crippen molar-refractivity contribution >= 4 is 0 Å². The van der Waals surface area contributed by atoms with Crippen molar-refractivity contribution in [1.82, 2.24) is 0 Å². The molecule has 0 aromatic rings. The molecule has 3 aliphatic rings. The summed E-state index contributed by atoms with van der Waals surface area (Å²) in [6, 6.07) is 0. The molecule has 0 N–H and O–H groups in total. The van der Waals surface area contributed by atoms with Crippen molar-refractivity contribution in [3.05, 3.63) is 11.1 Å². The maximum absolute atomic E-state index is 5.59. The molecule has 0 saturated heterocycles. The molecule has 0 aromatic heterocycles. The fraction of sp³-hybridized carbons (Fsp3) is 0.905. The maximum atomic E-state index is 5.59. The van der Waals surface area contributed by atoms with Gasteiger partial charge in [0.05, 0.1) is 13.2 Å². The summed E-state index contributed by atoms with van der Waals surface area (Å²) in [7, 11) is 0. The minimum absolute atomic E-state index is 0.887. The highest BCUT2D eigenvalue weighted by Gasteiger charge is 2.34. The lowest BCUT2D eigenvalue weighted by Crippen LogP contribution is -2.25. The quantitative estimate of drug-likeness (QED) is 0.592. The SMILES string of the molecule is CC1=C(CC2CCC(CC3CC(C)C(C)C3)C(C)C2)COC1. The van der Waals surface area contributed by atoms with Gasteiger partial charge in [-0.15, -0.1) is 0 Å². The first-order valence-corrected chi connectivity index (χ1v) is 9.78. The average Bonchev–Trinajstić information content (AvgIpc) is 3.00. The van der Waals surface area contributed by atoms with Crippen molar-refractivity contribution in [3.8, 4) is 0 Å². The summed E-state index contributed by atoms with van der Waals surface area (Å²) in [5.74, 6) is 5.84. The Bertz CT molecular complexity index is 400. The van der Waals surface area contributed by atoms with Gasteiger partial charge >= 0.3 is 0 Å². The van der Waals surface area contributed by atoms with Gasteiger partial charge in [0.15, 0.2) is 0 Å².